The zero-order chi connectivity index (χ0) is 11.7. The minimum atomic E-state index is 0.492. The van der Waals surface area contributed by atoms with Crippen LogP contribution in [0.2, 0.25) is 5.02 Å². The van der Waals surface area contributed by atoms with Crippen LogP contribution in [0.4, 0.5) is 0 Å². The summed E-state index contributed by atoms with van der Waals surface area (Å²) in [7, 11) is 0. The number of rotatable bonds is 2. The van der Waals surface area contributed by atoms with Crippen LogP contribution in [0.25, 0.3) is 5.69 Å². The zero-order valence-corrected chi connectivity index (χ0v) is 10.1. The third-order valence-corrected chi connectivity index (χ3v) is 2.92. The molecule has 0 atom stereocenters. The first-order chi connectivity index (χ1) is 7.61. The van der Waals surface area contributed by atoms with Crippen LogP contribution in [0.3, 0.4) is 0 Å². The Morgan fingerprint density at radius 2 is 2.12 bits per heavy atom. The maximum absolute atomic E-state index is 6.00. The zero-order valence-electron chi connectivity index (χ0n) is 9.37. The van der Waals surface area contributed by atoms with Crippen molar-refractivity contribution in [1.29, 1.82) is 0 Å². The van der Waals surface area contributed by atoms with Crippen molar-refractivity contribution in [1.82, 2.24) is 9.78 Å². The Morgan fingerprint density at radius 3 is 2.69 bits per heavy atom. The Labute approximate surface area is 99.8 Å². The molecule has 0 spiro atoms. The van der Waals surface area contributed by atoms with Crippen molar-refractivity contribution >= 4 is 11.6 Å². The van der Waals surface area contributed by atoms with E-state index in [1.807, 2.05) is 32.2 Å². The van der Waals surface area contributed by atoms with Gasteiger partial charge >= 0.3 is 0 Å². The van der Waals surface area contributed by atoms with Crippen molar-refractivity contribution in [3.8, 4) is 5.69 Å². The van der Waals surface area contributed by atoms with E-state index >= 15 is 0 Å². The van der Waals surface area contributed by atoms with Crippen LogP contribution in [0.1, 0.15) is 16.8 Å². The predicted molar refractivity (Wildman–Crippen MR) is 65.9 cm³/mol. The highest BCUT2D eigenvalue weighted by atomic mass is 35.5. The SMILES string of the molecule is Cc1ccc(CN)c(-n2cc(Cl)c(C)n2)c1. The summed E-state index contributed by atoms with van der Waals surface area (Å²) in [4.78, 5) is 0. The average Bonchev–Trinajstić information content (AvgIpc) is 2.59. The number of aromatic nitrogens is 2. The second-order valence-corrected chi connectivity index (χ2v) is 4.25. The molecular formula is C12H14ClN3. The molecule has 84 valence electrons. The van der Waals surface area contributed by atoms with Crippen LogP contribution in [-0.2, 0) is 6.54 Å². The lowest BCUT2D eigenvalue weighted by molar-refractivity contribution is 0.842. The van der Waals surface area contributed by atoms with Crippen molar-refractivity contribution in [3.05, 3.63) is 46.2 Å². The lowest BCUT2D eigenvalue weighted by Crippen LogP contribution is -2.05. The first-order valence-corrected chi connectivity index (χ1v) is 5.51. The Hall–Kier alpha value is -1.32. The normalized spacial score (nSPS) is 10.8. The van der Waals surface area contributed by atoms with Crippen LogP contribution in [0.15, 0.2) is 24.4 Å². The highest BCUT2D eigenvalue weighted by Gasteiger charge is 2.07. The van der Waals surface area contributed by atoms with E-state index in [4.69, 9.17) is 17.3 Å². The van der Waals surface area contributed by atoms with Gasteiger partial charge in [0.05, 0.1) is 16.4 Å². The number of nitrogens with two attached hydrogens (primary N) is 1. The fraction of sp³-hybridized carbons (Fsp3) is 0.250. The second kappa shape index (κ2) is 4.28. The summed E-state index contributed by atoms with van der Waals surface area (Å²) in [6, 6.07) is 6.13. The van der Waals surface area contributed by atoms with E-state index in [9.17, 15) is 0 Å². The molecule has 16 heavy (non-hydrogen) atoms. The molecule has 3 nitrogen and oxygen atoms in total. The lowest BCUT2D eigenvalue weighted by atomic mass is 10.1. The van der Waals surface area contributed by atoms with Gasteiger partial charge in [-0.15, -0.1) is 0 Å². The fourth-order valence-electron chi connectivity index (χ4n) is 1.62. The van der Waals surface area contributed by atoms with Crippen molar-refractivity contribution in [2.24, 2.45) is 5.73 Å². The molecule has 1 heterocycles. The second-order valence-electron chi connectivity index (χ2n) is 3.84. The molecule has 0 aliphatic carbocycles. The predicted octanol–water partition coefficient (Wildman–Crippen LogP) is 2.60. The summed E-state index contributed by atoms with van der Waals surface area (Å²) in [5, 5.41) is 5.03. The van der Waals surface area contributed by atoms with Gasteiger partial charge in [0.1, 0.15) is 0 Å². The lowest BCUT2D eigenvalue weighted by Gasteiger charge is -2.08. The molecular weight excluding hydrogens is 222 g/mol. The van der Waals surface area contributed by atoms with Crippen LogP contribution >= 0.6 is 11.6 Å². The molecule has 0 fully saturated rings. The van der Waals surface area contributed by atoms with E-state index in [1.54, 1.807) is 4.68 Å². The van der Waals surface area contributed by atoms with Gasteiger partial charge in [-0.05, 0) is 31.0 Å². The van der Waals surface area contributed by atoms with Gasteiger partial charge in [0, 0.05) is 12.7 Å². The largest absolute Gasteiger partial charge is 0.326 e. The molecule has 1 aromatic heterocycles. The molecule has 0 amide bonds. The van der Waals surface area contributed by atoms with Crippen LogP contribution in [-0.4, -0.2) is 9.78 Å². The molecule has 0 aliphatic rings. The van der Waals surface area contributed by atoms with Crippen molar-refractivity contribution in [2.45, 2.75) is 20.4 Å². The Balaban J connectivity index is 2.57. The van der Waals surface area contributed by atoms with E-state index in [1.165, 1.54) is 5.56 Å². The van der Waals surface area contributed by atoms with Crippen molar-refractivity contribution in [3.63, 3.8) is 0 Å². The van der Waals surface area contributed by atoms with Gasteiger partial charge in [-0.25, -0.2) is 4.68 Å². The maximum Gasteiger partial charge on any atom is 0.0819 e. The molecule has 2 N–H and O–H groups in total. The Bertz CT molecular complexity index is 497. The fourth-order valence-corrected chi connectivity index (χ4v) is 1.75. The maximum atomic E-state index is 6.00. The van der Waals surface area contributed by atoms with E-state index in [0.29, 0.717) is 11.6 Å². The highest BCUT2D eigenvalue weighted by Crippen LogP contribution is 2.20. The topological polar surface area (TPSA) is 43.8 Å². The summed E-state index contributed by atoms with van der Waals surface area (Å²) < 4.78 is 1.78. The van der Waals surface area contributed by atoms with E-state index in [0.717, 1.165) is 16.9 Å². The number of nitrogens with zero attached hydrogens (tertiary/aromatic N) is 2. The molecule has 0 saturated heterocycles. The smallest absolute Gasteiger partial charge is 0.0819 e. The minimum Gasteiger partial charge on any atom is -0.326 e. The van der Waals surface area contributed by atoms with Gasteiger partial charge in [-0.3, -0.25) is 0 Å². The summed E-state index contributed by atoms with van der Waals surface area (Å²) in [5.74, 6) is 0. The molecule has 1 aromatic carbocycles. The average molecular weight is 236 g/mol. The monoisotopic (exact) mass is 235 g/mol. The third-order valence-electron chi connectivity index (χ3n) is 2.55. The van der Waals surface area contributed by atoms with Crippen LogP contribution < -0.4 is 5.73 Å². The van der Waals surface area contributed by atoms with Gasteiger partial charge in [-0.1, -0.05) is 23.7 Å². The molecule has 4 heteroatoms. The van der Waals surface area contributed by atoms with E-state index < -0.39 is 0 Å². The number of hydrogen-bond acceptors (Lipinski definition) is 2. The minimum absolute atomic E-state index is 0.492. The molecule has 0 bridgehead atoms. The van der Waals surface area contributed by atoms with Crippen molar-refractivity contribution < 1.29 is 0 Å². The first kappa shape index (κ1) is 11.2. The van der Waals surface area contributed by atoms with E-state index in [-0.39, 0.29) is 0 Å². The number of aryl methyl sites for hydroxylation is 2. The van der Waals surface area contributed by atoms with Crippen LogP contribution in [0.5, 0.6) is 0 Å². The summed E-state index contributed by atoms with van der Waals surface area (Å²) in [6.07, 6.45) is 1.81. The summed E-state index contributed by atoms with van der Waals surface area (Å²) in [6.45, 7) is 4.42. The summed E-state index contributed by atoms with van der Waals surface area (Å²) >= 11 is 6.00. The molecule has 2 rings (SSSR count). The van der Waals surface area contributed by atoms with Gasteiger partial charge in [-0.2, -0.15) is 5.10 Å². The van der Waals surface area contributed by atoms with Gasteiger partial charge in [0.25, 0.3) is 0 Å². The Morgan fingerprint density at radius 1 is 1.38 bits per heavy atom. The van der Waals surface area contributed by atoms with Gasteiger partial charge in [0.2, 0.25) is 0 Å². The van der Waals surface area contributed by atoms with Gasteiger partial charge in [0.15, 0.2) is 0 Å². The molecule has 0 radical (unpaired) electrons. The summed E-state index contributed by atoms with van der Waals surface area (Å²) in [5.41, 5.74) is 9.77. The first-order valence-electron chi connectivity index (χ1n) is 5.13. The number of benzene rings is 1. The Kier molecular flexibility index (Phi) is 2.99. The third kappa shape index (κ3) is 1.96. The molecule has 0 saturated carbocycles. The standard InChI is InChI=1S/C12H14ClN3/c1-8-3-4-10(6-14)12(5-8)16-7-11(13)9(2)15-16/h3-5,7H,6,14H2,1-2H3. The quantitative estimate of drug-likeness (QED) is 0.870. The van der Waals surface area contributed by atoms with E-state index in [2.05, 4.69) is 11.2 Å². The molecule has 2 aromatic rings. The molecule has 0 aliphatic heterocycles. The highest BCUT2D eigenvalue weighted by molar-refractivity contribution is 6.31. The van der Waals surface area contributed by atoms with Gasteiger partial charge < -0.3 is 5.73 Å². The molecule has 0 unspecified atom stereocenters. The number of hydrogen-bond donors (Lipinski definition) is 1. The number of halogens is 1. The van der Waals surface area contributed by atoms with Crippen molar-refractivity contribution in [2.75, 3.05) is 0 Å². The van der Waals surface area contributed by atoms with Crippen LogP contribution in [0, 0.1) is 13.8 Å².